The summed E-state index contributed by atoms with van der Waals surface area (Å²) >= 11 is 6.04. The Hall–Kier alpha value is -2.86. The number of nitrogens with one attached hydrogen (secondary N) is 1. The second-order valence-electron chi connectivity index (χ2n) is 5.47. The molecule has 0 aliphatic rings. The van der Waals surface area contributed by atoms with Crippen LogP contribution in [-0.4, -0.2) is 25.1 Å². The van der Waals surface area contributed by atoms with Gasteiger partial charge in [-0.05, 0) is 35.7 Å². The van der Waals surface area contributed by atoms with Crippen LogP contribution in [0, 0.1) is 0 Å². The van der Waals surface area contributed by atoms with E-state index < -0.39 is 0 Å². The summed E-state index contributed by atoms with van der Waals surface area (Å²) in [6, 6.07) is 13.3. The highest BCUT2D eigenvalue weighted by Crippen LogP contribution is 2.20. The molecule has 0 atom stereocenters. The molecule has 0 aliphatic heterocycles. The summed E-state index contributed by atoms with van der Waals surface area (Å²) in [7, 11) is 0. The van der Waals surface area contributed by atoms with Gasteiger partial charge < -0.3 is 9.88 Å². The summed E-state index contributed by atoms with van der Waals surface area (Å²) in [6.07, 6.45) is 3.76. The molecule has 3 heterocycles. The molecule has 0 saturated carbocycles. The number of nitrogens with zero attached hydrogens (tertiary/aromatic N) is 4. The lowest BCUT2D eigenvalue weighted by atomic mass is 10.2. The third-order valence-corrected chi connectivity index (χ3v) is 4.11. The maximum Gasteiger partial charge on any atom is 0.240 e. The molecule has 3 aromatic heterocycles. The first-order valence-corrected chi connectivity index (χ1v) is 7.88. The van der Waals surface area contributed by atoms with Gasteiger partial charge in [-0.25, -0.2) is 0 Å². The van der Waals surface area contributed by atoms with E-state index in [0.29, 0.717) is 17.4 Å². The minimum Gasteiger partial charge on any atom is -0.347 e. The summed E-state index contributed by atoms with van der Waals surface area (Å²) < 4.78 is 3.73. The fraction of sp³-hybridized carbons (Fsp3) is 0.118. The van der Waals surface area contributed by atoms with Crippen LogP contribution in [0.2, 0.25) is 5.02 Å². The van der Waals surface area contributed by atoms with Gasteiger partial charge in [0.05, 0.1) is 6.54 Å². The fourth-order valence-electron chi connectivity index (χ4n) is 2.69. The zero-order valence-electron chi connectivity index (χ0n) is 12.7. The first kappa shape index (κ1) is 14.7. The van der Waals surface area contributed by atoms with Gasteiger partial charge in [0, 0.05) is 22.9 Å². The zero-order chi connectivity index (χ0) is 16.5. The number of amides is 1. The number of carbonyl (C=O) groups excluding carboxylic acids is 1. The van der Waals surface area contributed by atoms with Crippen molar-refractivity contribution in [3.05, 3.63) is 65.7 Å². The lowest BCUT2D eigenvalue weighted by Gasteiger charge is -2.07. The van der Waals surface area contributed by atoms with E-state index in [2.05, 4.69) is 15.5 Å². The molecular formula is C17H14ClN5O. The van der Waals surface area contributed by atoms with Gasteiger partial charge in [-0.2, -0.15) is 0 Å². The minimum absolute atomic E-state index is 0.0971. The number of benzene rings is 1. The van der Waals surface area contributed by atoms with Crippen molar-refractivity contribution in [3.63, 3.8) is 0 Å². The van der Waals surface area contributed by atoms with Gasteiger partial charge in [0.15, 0.2) is 11.5 Å². The van der Waals surface area contributed by atoms with Crippen LogP contribution < -0.4 is 5.32 Å². The summed E-state index contributed by atoms with van der Waals surface area (Å²) in [6.45, 7) is 0.546. The molecule has 6 nitrogen and oxygen atoms in total. The van der Waals surface area contributed by atoms with Gasteiger partial charge in [-0.1, -0.05) is 23.7 Å². The maximum atomic E-state index is 12.2. The molecule has 0 fully saturated rings. The second kappa shape index (κ2) is 5.98. The Balaban J connectivity index is 1.47. The highest BCUT2D eigenvalue weighted by molar-refractivity contribution is 6.31. The molecule has 24 heavy (non-hydrogen) atoms. The van der Waals surface area contributed by atoms with Crippen LogP contribution in [0.4, 0.5) is 0 Å². The van der Waals surface area contributed by atoms with E-state index in [9.17, 15) is 4.79 Å². The lowest BCUT2D eigenvalue weighted by Crippen LogP contribution is -2.27. The number of hydrogen-bond donors (Lipinski definition) is 1. The molecule has 0 saturated heterocycles. The Kier molecular flexibility index (Phi) is 3.66. The summed E-state index contributed by atoms with van der Waals surface area (Å²) in [5.41, 5.74) is 1.69. The van der Waals surface area contributed by atoms with E-state index in [1.54, 1.807) is 0 Å². The van der Waals surface area contributed by atoms with Crippen molar-refractivity contribution >= 4 is 34.1 Å². The predicted octanol–water partition coefficient (Wildman–Crippen LogP) is 2.65. The smallest absolute Gasteiger partial charge is 0.240 e. The van der Waals surface area contributed by atoms with Crippen LogP contribution >= 0.6 is 11.6 Å². The molecule has 4 rings (SSSR count). The van der Waals surface area contributed by atoms with Gasteiger partial charge in [0.25, 0.3) is 0 Å². The maximum absolute atomic E-state index is 12.2. The van der Waals surface area contributed by atoms with Gasteiger partial charge >= 0.3 is 0 Å². The van der Waals surface area contributed by atoms with Gasteiger partial charge in [-0.15, -0.1) is 10.2 Å². The number of rotatable bonds is 4. The van der Waals surface area contributed by atoms with E-state index in [1.165, 1.54) is 0 Å². The standard InChI is InChI=1S/C17H14ClN5O/c18-13-5-4-12-6-8-22(14(12)9-13)11-17(24)19-10-16-21-20-15-3-1-2-7-23(15)16/h1-9H,10-11H2,(H,19,24). The molecular weight excluding hydrogens is 326 g/mol. The van der Waals surface area contributed by atoms with Crippen LogP contribution in [0.3, 0.4) is 0 Å². The van der Waals surface area contributed by atoms with E-state index in [-0.39, 0.29) is 12.5 Å². The predicted molar refractivity (Wildman–Crippen MR) is 91.8 cm³/mol. The first-order chi connectivity index (χ1) is 11.7. The third kappa shape index (κ3) is 2.72. The molecule has 1 N–H and O–H groups in total. The lowest BCUT2D eigenvalue weighted by molar-refractivity contribution is -0.121. The Morgan fingerprint density at radius 3 is 2.96 bits per heavy atom. The quantitative estimate of drug-likeness (QED) is 0.621. The van der Waals surface area contributed by atoms with Gasteiger partial charge in [0.2, 0.25) is 5.91 Å². The SMILES string of the molecule is O=C(Cn1ccc2ccc(Cl)cc21)NCc1nnc2ccccn12. The molecule has 0 spiro atoms. The van der Waals surface area contributed by atoms with E-state index in [0.717, 1.165) is 16.6 Å². The monoisotopic (exact) mass is 339 g/mol. The number of hydrogen-bond acceptors (Lipinski definition) is 3. The number of fused-ring (bicyclic) bond motifs is 2. The van der Waals surface area contributed by atoms with E-state index in [4.69, 9.17) is 11.6 Å². The van der Waals surface area contributed by atoms with Crippen molar-refractivity contribution in [3.8, 4) is 0 Å². The van der Waals surface area contributed by atoms with Crippen molar-refractivity contribution in [1.29, 1.82) is 0 Å². The molecule has 4 aromatic rings. The molecule has 1 amide bonds. The Morgan fingerprint density at radius 1 is 1.12 bits per heavy atom. The molecule has 0 unspecified atom stereocenters. The highest BCUT2D eigenvalue weighted by Gasteiger charge is 2.09. The molecule has 0 bridgehead atoms. The first-order valence-electron chi connectivity index (χ1n) is 7.50. The van der Waals surface area contributed by atoms with Crippen molar-refractivity contribution in [2.75, 3.05) is 0 Å². The summed E-state index contributed by atoms with van der Waals surface area (Å²) in [5.74, 6) is 0.597. The van der Waals surface area contributed by atoms with Crippen molar-refractivity contribution in [1.82, 2.24) is 24.5 Å². The minimum atomic E-state index is -0.0971. The topological polar surface area (TPSA) is 64.2 Å². The van der Waals surface area contributed by atoms with Crippen LogP contribution in [0.15, 0.2) is 54.9 Å². The average molecular weight is 340 g/mol. The number of carbonyl (C=O) groups is 1. The Labute approximate surface area is 142 Å². The molecule has 1 aromatic carbocycles. The molecule has 7 heteroatoms. The van der Waals surface area contributed by atoms with Gasteiger partial charge in [0.1, 0.15) is 6.54 Å². The molecule has 0 radical (unpaired) electrons. The van der Waals surface area contributed by atoms with E-state index in [1.807, 2.05) is 63.8 Å². The number of pyridine rings is 1. The van der Waals surface area contributed by atoms with Crippen LogP contribution in [0.5, 0.6) is 0 Å². The Bertz CT molecular complexity index is 1040. The normalized spacial score (nSPS) is 11.2. The van der Waals surface area contributed by atoms with Crippen LogP contribution in [-0.2, 0) is 17.9 Å². The highest BCUT2D eigenvalue weighted by atomic mass is 35.5. The largest absolute Gasteiger partial charge is 0.347 e. The summed E-state index contributed by atoms with van der Waals surface area (Å²) in [4.78, 5) is 12.2. The summed E-state index contributed by atoms with van der Waals surface area (Å²) in [5, 5.41) is 12.7. The molecule has 0 aliphatic carbocycles. The van der Waals surface area contributed by atoms with Crippen molar-refractivity contribution in [2.24, 2.45) is 0 Å². The number of aromatic nitrogens is 4. The average Bonchev–Trinajstić information content (AvgIpc) is 3.17. The molecule has 120 valence electrons. The fourth-order valence-corrected chi connectivity index (χ4v) is 2.86. The number of halogens is 1. The van der Waals surface area contributed by atoms with Crippen LogP contribution in [0.1, 0.15) is 5.82 Å². The third-order valence-electron chi connectivity index (χ3n) is 3.88. The van der Waals surface area contributed by atoms with Gasteiger partial charge in [-0.3, -0.25) is 9.20 Å². The Morgan fingerprint density at radius 2 is 2.04 bits per heavy atom. The van der Waals surface area contributed by atoms with E-state index >= 15 is 0 Å². The van der Waals surface area contributed by atoms with Crippen molar-refractivity contribution in [2.45, 2.75) is 13.1 Å². The van der Waals surface area contributed by atoms with Crippen molar-refractivity contribution < 1.29 is 4.79 Å². The van der Waals surface area contributed by atoms with Crippen LogP contribution in [0.25, 0.3) is 16.6 Å². The zero-order valence-corrected chi connectivity index (χ0v) is 13.4. The second-order valence-corrected chi connectivity index (χ2v) is 5.91.